The molecule has 0 saturated carbocycles. The van der Waals surface area contributed by atoms with Crippen LogP contribution in [0.3, 0.4) is 0 Å². The van der Waals surface area contributed by atoms with Crippen molar-refractivity contribution in [3.05, 3.63) is 33.2 Å². The number of rotatable bonds is 3. The van der Waals surface area contributed by atoms with E-state index >= 15 is 0 Å². The SMILES string of the molecule is Cc1cc(C)c(CNC(=O)[C@@H]2CCOC2)c(=O)[nH]1. The number of carbonyl (C=O) groups excluding carboxylic acids is 1. The van der Waals surface area contributed by atoms with Gasteiger partial charge in [0, 0.05) is 24.4 Å². The third kappa shape index (κ3) is 2.79. The molecule has 1 aromatic rings. The van der Waals surface area contributed by atoms with Crippen molar-refractivity contribution < 1.29 is 9.53 Å². The Hall–Kier alpha value is -1.62. The summed E-state index contributed by atoms with van der Waals surface area (Å²) in [6.07, 6.45) is 0.759. The Bertz CT molecular complexity index is 501. The van der Waals surface area contributed by atoms with Crippen LogP contribution in [0.25, 0.3) is 0 Å². The number of ether oxygens (including phenoxy) is 1. The van der Waals surface area contributed by atoms with E-state index in [-0.39, 0.29) is 23.9 Å². The predicted octanol–water partition coefficient (Wildman–Crippen LogP) is 0.644. The molecule has 2 N–H and O–H groups in total. The van der Waals surface area contributed by atoms with E-state index in [0.29, 0.717) is 18.8 Å². The van der Waals surface area contributed by atoms with E-state index in [9.17, 15) is 9.59 Å². The summed E-state index contributed by atoms with van der Waals surface area (Å²) in [4.78, 5) is 26.3. The van der Waals surface area contributed by atoms with Gasteiger partial charge in [-0.3, -0.25) is 9.59 Å². The molecule has 1 aliphatic rings. The second-order valence-electron chi connectivity index (χ2n) is 4.72. The average molecular weight is 250 g/mol. The Morgan fingerprint density at radius 1 is 1.56 bits per heavy atom. The molecule has 5 heteroatoms. The van der Waals surface area contributed by atoms with Gasteiger partial charge in [0.2, 0.25) is 5.91 Å². The van der Waals surface area contributed by atoms with E-state index in [0.717, 1.165) is 17.7 Å². The van der Waals surface area contributed by atoms with E-state index in [1.165, 1.54) is 0 Å². The summed E-state index contributed by atoms with van der Waals surface area (Å²) in [5.74, 6) is -0.110. The lowest BCUT2D eigenvalue weighted by molar-refractivity contribution is -0.125. The zero-order valence-corrected chi connectivity index (χ0v) is 10.7. The highest BCUT2D eigenvalue weighted by Crippen LogP contribution is 2.12. The van der Waals surface area contributed by atoms with Gasteiger partial charge < -0.3 is 15.0 Å². The number of amides is 1. The van der Waals surface area contributed by atoms with E-state index < -0.39 is 0 Å². The first kappa shape index (κ1) is 12.8. The van der Waals surface area contributed by atoms with Crippen LogP contribution in [0.2, 0.25) is 0 Å². The maximum absolute atomic E-state index is 11.8. The van der Waals surface area contributed by atoms with Crippen molar-refractivity contribution in [1.29, 1.82) is 0 Å². The summed E-state index contributed by atoms with van der Waals surface area (Å²) in [7, 11) is 0. The third-order valence-electron chi connectivity index (χ3n) is 3.23. The molecule has 0 bridgehead atoms. The fourth-order valence-electron chi connectivity index (χ4n) is 2.16. The first-order chi connectivity index (χ1) is 8.58. The van der Waals surface area contributed by atoms with Crippen LogP contribution < -0.4 is 10.9 Å². The molecule has 0 aromatic carbocycles. The standard InChI is InChI=1S/C13H18N2O3/c1-8-5-9(2)15-13(17)11(8)6-14-12(16)10-3-4-18-7-10/h5,10H,3-4,6-7H2,1-2H3,(H,14,16)(H,15,17)/t10-/m1/s1. The molecule has 1 amide bonds. The van der Waals surface area contributed by atoms with Crippen LogP contribution in [0, 0.1) is 19.8 Å². The van der Waals surface area contributed by atoms with Crippen molar-refractivity contribution in [2.75, 3.05) is 13.2 Å². The van der Waals surface area contributed by atoms with Gasteiger partial charge in [-0.05, 0) is 31.9 Å². The first-order valence-electron chi connectivity index (χ1n) is 6.13. The van der Waals surface area contributed by atoms with E-state index in [1.54, 1.807) is 0 Å². The predicted molar refractivity (Wildman–Crippen MR) is 67.3 cm³/mol. The minimum atomic E-state index is -0.129. The minimum absolute atomic E-state index is 0.0353. The Morgan fingerprint density at radius 3 is 2.94 bits per heavy atom. The minimum Gasteiger partial charge on any atom is -0.381 e. The quantitative estimate of drug-likeness (QED) is 0.827. The van der Waals surface area contributed by atoms with Crippen LogP contribution in [0.4, 0.5) is 0 Å². The molecule has 0 unspecified atom stereocenters. The lowest BCUT2D eigenvalue weighted by Crippen LogP contribution is -2.33. The molecule has 98 valence electrons. The van der Waals surface area contributed by atoms with Crippen LogP contribution in [-0.4, -0.2) is 24.1 Å². The van der Waals surface area contributed by atoms with Gasteiger partial charge in [0.15, 0.2) is 0 Å². The van der Waals surface area contributed by atoms with Crippen LogP contribution in [0.1, 0.15) is 23.2 Å². The normalized spacial score (nSPS) is 18.9. The Balaban J connectivity index is 2.02. The monoisotopic (exact) mass is 250 g/mol. The molecule has 2 rings (SSSR count). The van der Waals surface area contributed by atoms with Crippen LogP contribution in [0.15, 0.2) is 10.9 Å². The Morgan fingerprint density at radius 2 is 2.33 bits per heavy atom. The lowest BCUT2D eigenvalue weighted by atomic mass is 10.1. The molecule has 5 nitrogen and oxygen atoms in total. The second kappa shape index (κ2) is 5.35. The van der Waals surface area contributed by atoms with Gasteiger partial charge in [0.1, 0.15) is 0 Å². The zero-order valence-electron chi connectivity index (χ0n) is 10.7. The van der Waals surface area contributed by atoms with E-state index in [1.807, 2.05) is 19.9 Å². The number of H-pyrrole nitrogens is 1. The largest absolute Gasteiger partial charge is 0.381 e. The molecular formula is C13H18N2O3. The number of aryl methyl sites for hydroxylation is 2. The third-order valence-corrected chi connectivity index (χ3v) is 3.23. The Kier molecular flexibility index (Phi) is 3.81. The number of aromatic nitrogens is 1. The van der Waals surface area contributed by atoms with Gasteiger partial charge in [-0.25, -0.2) is 0 Å². The number of carbonyl (C=O) groups is 1. The van der Waals surface area contributed by atoms with Gasteiger partial charge in [0.05, 0.1) is 12.5 Å². The highest BCUT2D eigenvalue weighted by atomic mass is 16.5. The van der Waals surface area contributed by atoms with Crippen molar-refractivity contribution in [2.24, 2.45) is 5.92 Å². The number of hydrogen-bond acceptors (Lipinski definition) is 3. The van der Waals surface area contributed by atoms with Crippen molar-refractivity contribution in [2.45, 2.75) is 26.8 Å². The van der Waals surface area contributed by atoms with Crippen molar-refractivity contribution in [1.82, 2.24) is 10.3 Å². The van der Waals surface area contributed by atoms with Gasteiger partial charge in [0.25, 0.3) is 5.56 Å². The van der Waals surface area contributed by atoms with Gasteiger partial charge >= 0.3 is 0 Å². The second-order valence-corrected chi connectivity index (χ2v) is 4.72. The van der Waals surface area contributed by atoms with Crippen LogP contribution in [0.5, 0.6) is 0 Å². The van der Waals surface area contributed by atoms with Crippen molar-refractivity contribution >= 4 is 5.91 Å². The van der Waals surface area contributed by atoms with E-state index in [2.05, 4.69) is 10.3 Å². The fourth-order valence-corrected chi connectivity index (χ4v) is 2.16. The van der Waals surface area contributed by atoms with Gasteiger partial charge in [-0.15, -0.1) is 0 Å². The fraction of sp³-hybridized carbons (Fsp3) is 0.538. The molecule has 1 saturated heterocycles. The maximum Gasteiger partial charge on any atom is 0.253 e. The van der Waals surface area contributed by atoms with Gasteiger partial charge in [-0.1, -0.05) is 0 Å². The lowest BCUT2D eigenvalue weighted by Gasteiger charge is -2.10. The molecule has 1 aliphatic heterocycles. The summed E-state index contributed by atoms with van der Waals surface area (Å²) < 4.78 is 5.16. The summed E-state index contributed by atoms with van der Waals surface area (Å²) in [5.41, 5.74) is 2.22. The average Bonchev–Trinajstić information content (AvgIpc) is 2.80. The number of hydrogen-bond donors (Lipinski definition) is 2. The van der Waals surface area contributed by atoms with Crippen molar-refractivity contribution in [3.8, 4) is 0 Å². The molecule has 0 radical (unpaired) electrons. The summed E-state index contributed by atoms with van der Waals surface area (Å²) in [6, 6.07) is 1.90. The molecule has 1 fully saturated rings. The van der Waals surface area contributed by atoms with Crippen LogP contribution >= 0.6 is 0 Å². The molecular weight excluding hydrogens is 232 g/mol. The zero-order chi connectivity index (χ0) is 13.1. The van der Waals surface area contributed by atoms with Crippen molar-refractivity contribution in [3.63, 3.8) is 0 Å². The molecule has 18 heavy (non-hydrogen) atoms. The topological polar surface area (TPSA) is 71.2 Å². The smallest absolute Gasteiger partial charge is 0.253 e. The summed E-state index contributed by atoms with van der Waals surface area (Å²) in [6.45, 7) is 5.11. The molecule has 0 spiro atoms. The number of pyridine rings is 1. The van der Waals surface area contributed by atoms with E-state index in [4.69, 9.17) is 4.74 Å². The highest BCUT2D eigenvalue weighted by molar-refractivity contribution is 5.79. The van der Waals surface area contributed by atoms with Gasteiger partial charge in [-0.2, -0.15) is 0 Å². The highest BCUT2D eigenvalue weighted by Gasteiger charge is 2.23. The molecule has 1 atom stereocenters. The first-order valence-corrected chi connectivity index (χ1v) is 6.13. The number of nitrogens with one attached hydrogen (secondary N) is 2. The summed E-state index contributed by atoms with van der Waals surface area (Å²) >= 11 is 0. The van der Waals surface area contributed by atoms with Crippen LogP contribution in [-0.2, 0) is 16.1 Å². The summed E-state index contributed by atoms with van der Waals surface area (Å²) in [5, 5.41) is 2.80. The number of aromatic amines is 1. The Labute approximate surface area is 106 Å². The molecule has 1 aromatic heterocycles. The molecule has 0 aliphatic carbocycles. The molecule has 2 heterocycles. The maximum atomic E-state index is 11.8.